The maximum atomic E-state index is 6.76. The molecular formula is C32H49AlO2. The topological polar surface area (TPSA) is 18.5 Å². The fraction of sp³-hybridized carbons (Fsp3) is 0.562. The first-order chi connectivity index (χ1) is 17.1. The van der Waals surface area contributed by atoms with Crippen molar-refractivity contribution in [1.82, 2.24) is 0 Å². The Hall–Kier alpha value is -1.69. The van der Waals surface area contributed by atoms with Gasteiger partial charge < -0.3 is 7.58 Å². The van der Waals surface area contributed by atoms with Crippen molar-refractivity contribution in [2.75, 3.05) is 0 Å². The van der Waals surface area contributed by atoms with Crippen molar-refractivity contribution in [3.8, 4) is 11.5 Å². The summed E-state index contributed by atoms with van der Waals surface area (Å²) in [5, 5.41) is 0. The second-order valence-electron chi connectivity index (χ2n) is 9.90. The van der Waals surface area contributed by atoms with Crippen LogP contribution in [0.25, 0.3) is 0 Å². The molecule has 0 bridgehead atoms. The molecule has 0 atom stereocenters. The maximum absolute atomic E-state index is 6.76. The molecule has 192 valence electrons. The molecule has 2 rings (SSSR count). The van der Waals surface area contributed by atoms with Gasteiger partial charge in [0.15, 0.2) is 0 Å². The molecule has 0 aliphatic rings. The molecule has 0 aliphatic carbocycles. The zero-order valence-corrected chi connectivity index (χ0v) is 24.6. The molecule has 0 saturated carbocycles. The van der Waals surface area contributed by atoms with Gasteiger partial charge >= 0.3 is 14.8 Å². The summed E-state index contributed by atoms with van der Waals surface area (Å²) in [6, 6.07) is 13.7. The van der Waals surface area contributed by atoms with Crippen LogP contribution in [0.4, 0.5) is 0 Å². The van der Waals surface area contributed by atoms with E-state index in [0.29, 0.717) is 0 Å². The van der Waals surface area contributed by atoms with E-state index in [-0.39, 0.29) is 0 Å². The van der Waals surface area contributed by atoms with Gasteiger partial charge in [0.2, 0.25) is 0 Å². The Labute approximate surface area is 221 Å². The van der Waals surface area contributed by atoms with Gasteiger partial charge in [0, 0.05) is 0 Å². The molecule has 0 unspecified atom stereocenters. The largest absolute Gasteiger partial charge is 0.896 e. The zero-order valence-electron chi connectivity index (χ0n) is 23.4. The van der Waals surface area contributed by atoms with Gasteiger partial charge in [-0.15, -0.1) is 0 Å². The van der Waals surface area contributed by atoms with Gasteiger partial charge in [0.25, 0.3) is 0 Å². The number of allylic oxidation sites excluding steroid dienone is 2. The molecule has 0 heterocycles. The first-order valence-electron chi connectivity index (χ1n) is 14.3. The number of hydrogen-bond donors (Lipinski definition) is 0. The van der Waals surface area contributed by atoms with Gasteiger partial charge in [-0.25, -0.2) is 0 Å². The summed E-state index contributed by atoms with van der Waals surface area (Å²) in [4.78, 5) is 0. The first kappa shape index (κ1) is 29.5. The minimum atomic E-state index is -2.12. The summed E-state index contributed by atoms with van der Waals surface area (Å²) >= 11 is -2.12. The highest BCUT2D eigenvalue weighted by Crippen LogP contribution is 2.28. The van der Waals surface area contributed by atoms with Crippen molar-refractivity contribution in [3.05, 3.63) is 69.2 Å². The van der Waals surface area contributed by atoms with E-state index in [0.717, 1.165) is 37.2 Å². The van der Waals surface area contributed by atoms with Gasteiger partial charge in [-0.05, 0) is 92.7 Å². The molecule has 0 aliphatic heterocycles. The SMILES string of the molecule is C/C=[C](\C)[Al]([O]c1ccc(CCCC)cc1CCCC)[O]c1ccc(CCCC)cc1CCCC. The molecule has 2 aromatic carbocycles. The van der Waals surface area contributed by atoms with Crippen LogP contribution < -0.4 is 7.58 Å². The van der Waals surface area contributed by atoms with Crippen molar-refractivity contribution in [1.29, 1.82) is 0 Å². The molecule has 2 nitrogen and oxygen atoms in total. The molecule has 3 heteroatoms. The molecule has 0 radical (unpaired) electrons. The lowest BCUT2D eigenvalue weighted by atomic mass is 10.0. The Balaban J connectivity index is 2.32. The number of aryl methyl sites for hydroxylation is 4. The number of unbranched alkanes of at least 4 members (excludes halogenated alkanes) is 4. The fourth-order valence-electron chi connectivity index (χ4n) is 4.27. The molecule has 0 N–H and O–H groups in total. The minimum absolute atomic E-state index is 1.02. The maximum Gasteiger partial charge on any atom is 0.896 e. The zero-order chi connectivity index (χ0) is 25.5. The van der Waals surface area contributed by atoms with Crippen molar-refractivity contribution in [2.45, 2.75) is 119 Å². The Kier molecular flexibility index (Phi) is 14.3. The van der Waals surface area contributed by atoms with Crippen molar-refractivity contribution in [3.63, 3.8) is 0 Å². The molecular weight excluding hydrogens is 443 g/mol. The summed E-state index contributed by atoms with van der Waals surface area (Å²) in [6.45, 7) is 13.3. The van der Waals surface area contributed by atoms with E-state index in [9.17, 15) is 0 Å². The predicted octanol–water partition coefficient (Wildman–Crippen LogP) is 9.51. The van der Waals surface area contributed by atoms with Gasteiger partial charge in [-0.1, -0.05) is 95.1 Å². The first-order valence-corrected chi connectivity index (χ1v) is 15.8. The predicted molar refractivity (Wildman–Crippen MR) is 154 cm³/mol. The lowest BCUT2D eigenvalue weighted by Gasteiger charge is -2.22. The van der Waals surface area contributed by atoms with E-state index in [2.05, 4.69) is 84.0 Å². The van der Waals surface area contributed by atoms with E-state index in [1.165, 1.54) is 78.1 Å². The normalized spacial score (nSPS) is 11.5. The van der Waals surface area contributed by atoms with Gasteiger partial charge in [0.05, 0.1) is 11.5 Å². The van der Waals surface area contributed by atoms with E-state index in [1.807, 2.05) is 0 Å². The second-order valence-corrected chi connectivity index (χ2v) is 11.9. The molecule has 0 saturated heterocycles. The monoisotopic (exact) mass is 492 g/mol. The van der Waals surface area contributed by atoms with Crippen LogP contribution in [0.2, 0.25) is 0 Å². The number of benzene rings is 2. The molecule has 0 fully saturated rings. The van der Waals surface area contributed by atoms with Gasteiger partial charge in [-0.3, -0.25) is 0 Å². The summed E-state index contributed by atoms with van der Waals surface area (Å²) in [5.74, 6) is 2.04. The second kappa shape index (κ2) is 16.9. The lowest BCUT2D eigenvalue weighted by molar-refractivity contribution is 0.426. The Bertz CT molecular complexity index is 837. The van der Waals surface area contributed by atoms with Crippen LogP contribution in [-0.4, -0.2) is 14.8 Å². The van der Waals surface area contributed by atoms with Crippen LogP contribution in [0.3, 0.4) is 0 Å². The van der Waals surface area contributed by atoms with E-state index >= 15 is 0 Å². The van der Waals surface area contributed by atoms with Crippen molar-refractivity contribution >= 4 is 14.8 Å². The molecule has 2 aromatic rings. The number of hydrogen-bond acceptors (Lipinski definition) is 2. The third-order valence-electron chi connectivity index (χ3n) is 6.78. The highest BCUT2D eigenvalue weighted by atomic mass is 27.2. The minimum Gasteiger partial charge on any atom is -0.608 e. The van der Waals surface area contributed by atoms with E-state index < -0.39 is 14.8 Å². The van der Waals surface area contributed by atoms with Gasteiger partial charge in [-0.2, -0.15) is 0 Å². The van der Waals surface area contributed by atoms with Crippen LogP contribution in [0.1, 0.15) is 115 Å². The van der Waals surface area contributed by atoms with Crippen molar-refractivity contribution < 1.29 is 7.58 Å². The van der Waals surface area contributed by atoms with Crippen LogP contribution in [0.15, 0.2) is 46.9 Å². The Morgan fingerprint density at radius 3 is 1.43 bits per heavy atom. The van der Waals surface area contributed by atoms with Crippen LogP contribution in [0, 0.1) is 0 Å². The standard InChI is InChI=1S/2C14H22O.C4H7.Al/c2*1-3-5-7-12-9-10-14(15)13(11-12)8-6-4-2;1-3-4-2;/h2*9-11,15H,3-8H2,1-2H3;3H,1-2H3;/q;;;+2/p-2. The third kappa shape index (κ3) is 10.1. The quantitative estimate of drug-likeness (QED) is 0.205. The van der Waals surface area contributed by atoms with Crippen LogP contribution >= 0.6 is 0 Å². The Morgan fingerprint density at radius 2 is 1.06 bits per heavy atom. The average molecular weight is 493 g/mol. The highest BCUT2D eigenvalue weighted by Gasteiger charge is 2.36. The lowest BCUT2D eigenvalue weighted by Crippen LogP contribution is -2.32. The van der Waals surface area contributed by atoms with Gasteiger partial charge in [0.1, 0.15) is 0 Å². The molecule has 0 spiro atoms. The van der Waals surface area contributed by atoms with Crippen LogP contribution in [0.5, 0.6) is 11.5 Å². The van der Waals surface area contributed by atoms with E-state index in [1.54, 1.807) is 0 Å². The Morgan fingerprint density at radius 1 is 0.657 bits per heavy atom. The molecule has 0 aromatic heterocycles. The van der Waals surface area contributed by atoms with Crippen molar-refractivity contribution in [2.24, 2.45) is 0 Å². The fourth-order valence-corrected chi connectivity index (χ4v) is 5.88. The van der Waals surface area contributed by atoms with E-state index in [4.69, 9.17) is 7.58 Å². The third-order valence-corrected chi connectivity index (χ3v) is 8.80. The summed E-state index contributed by atoms with van der Waals surface area (Å²) in [5.41, 5.74) is 5.53. The number of rotatable bonds is 17. The molecule has 0 amide bonds. The highest BCUT2D eigenvalue weighted by molar-refractivity contribution is 6.55. The smallest absolute Gasteiger partial charge is 0.608 e. The summed E-state index contributed by atoms with van der Waals surface area (Å²) in [6.07, 6.45) is 16.3. The summed E-state index contributed by atoms with van der Waals surface area (Å²) in [7, 11) is 0. The molecule has 35 heavy (non-hydrogen) atoms. The average Bonchev–Trinajstić information content (AvgIpc) is 2.88. The summed E-state index contributed by atoms with van der Waals surface area (Å²) < 4.78 is 14.8. The van der Waals surface area contributed by atoms with Crippen LogP contribution in [-0.2, 0) is 25.7 Å².